The summed E-state index contributed by atoms with van der Waals surface area (Å²) in [5.74, 6) is 0.476. The molecule has 0 radical (unpaired) electrons. The molecule has 0 aliphatic carbocycles. The molecule has 0 saturated carbocycles. The Hall–Kier alpha value is -1.45. The second-order valence-corrected chi connectivity index (χ2v) is 6.88. The molecule has 1 aliphatic rings. The summed E-state index contributed by atoms with van der Waals surface area (Å²) < 4.78 is 0. The van der Waals surface area contributed by atoms with Crippen molar-refractivity contribution < 1.29 is 4.79 Å². The highest BCUT2D eigenvalue weighted by Gasteiger charge is 2.26. The number of fused-ring (bicyclic) bond motifs is 1. The number of nitrogens with zero attached hydrogens (tertiary/aromatic N) is 1. The Balaban J connectivity index is 1.92. The SMILES string of the molecule is O=C(CCCl)N1CCC(c2ccccc2)Sc2ccccc21. The van der Waals surface area contributed by atoms with Crippen LogP contribution in [0.5, 0.6) is 0 Å². The zero-order valence-electron chi connectivity index (χ0n) is 12.2. The highest BCUT2D eigenvalue weighted by Crippen LogP contribution is 2.45. The van der Waals surface area contributed by atoms with Gasteiger partial charge in [0.05, 0.1) is 5.69 Å². The first-order chi connectivity index (χ1) is 10.8. The number of hydrogen-bond donors (Lipinski definition) is 0. The zero-order valence-corrected chi connectivity index (χ0v) is 13.8. The van der Waals surface area contributed by atoms with Crippen LogP contribution in [0.15, 0.2) is 59.5 Å². The van der Waals surface area contributed by atoms with Gasteiger partial charge in [-0.25, -0.2) is 0 Å². The molecule has 1 atom stereocenters. The minimum absolute atomic E-state index is 0.108. The first kappa shape index (κ1) is 15.4. The topological polar surface area (TPSA) is 20.3 Å². The van der Waals surface area contributed by atoms with Crippen LogP contribution < -0.4 is 4.90 Å². The second kappa shape index (κ2) is 7.21. The molecule has 2 aromatic carbocycles. The van der Waals surface area contributed by atoms with Gasteiger partial charge < -0.3 is 4.90 Å². The predicted molar refractivity (Wildman–Crippen MR) is 93.8 cm³/mol. The Labute approximate surface area is 140 Å². The van der Waals surface area contributed by atoms with Gasteiger partial charge in [0.15, 0.2) is 0 Å². The molecule has 1 amide bonds. The second-order valence-electron chi connectivity index (χ2n) is 5.26. The van der Waals surface area contributed by atoms with Crippen LogP contribution in [0.25, 0.3) is 0 Å². The standard InChI is InChI=1S/C18H18ClNOS/c19-12-10-18(21)20-13-11-16(14-6-2-1-3-7-14)22-17-9-5-4-8-15(17)20/h1-9,16H,10-13H2. The summed E-state index contributed by atoms with van der Waals surface area (Å²) in [6.45, 7) is 0.735. The first-order valence-electron chi connectivity index (χ1n) is 7.46. The van der Waals surface area contributed by atoms with Crippen LogP contribution in [0.2, 0.25) is 0 Å². The molecule has 2 nitrogen and oxygen atoms in total. The summed E-state index contributed by atoms with van der Waals surface area (Å²) >= 11 is 7.60. The summed E-state index contributed by atoms with van der Waals surface area (Å²) in [7, 11) is 0. The molecule has 0 fully saturated rings. The summed E-state index contributed by atoms with van der Waals surface area (Å²) in [6.07, 6.45) is 1.33. The molecule has 1 heterocycles. The fourth-order valence-corrected chi connectivity index (χ4v) is 4.18. The highest BCUT2D eigenvalue weighted by atomic mass is 35.5. The van der Waals surface area contributed by atoms with E-state index < -0.39 is 0 Å². The van der Waals surface area contributed by atoms with E-state index in [9.17, 15) is 4.79 Å². The molecule has 3 rings (SSSR count). The van der Waals surface area contributed by atoms with Crippen molar-refractivity contribution in [2.45, 2.75) is 23.0 Å². The maximum absolute atomic E-state index is 12.4. The lowest BCUT2D eigenvalue weighted by Crippen LogP contribution is -2.32. The summed E-state index contributed by atoms with van der Waals surface area (Å²) in [5.41, 5.74) is 2.33. The van der Waals surface area contributed by atoms with Crippen molar-refractivity contribution in [3.05, 3.63) is 60.2 Å². The average Bonchev–Trinajstić information content (AvgIpc) is 2.75. The van der Waals surface area contributed by atoms with Crippen LogP contribution in [0, 0.1) is 0 Å². The van der Waals surface area contributed by atoms with Crippen LogP contribution in [0.4, 0.5) is 5.69 Å². The van der Waals surface area contributed by atoms with Crippen LogP contribution >= 0.6 is 23.4 Å². The molecule has 0 spiro atoms. The zero-order chi connectivity index (χ0) is 15.4. The first-order valence-corrected chi connectivity index (χ1v) is 8.88. The lowest BCUT2D eigenvalue weighted by atomic mass is 10.1. The van der Waals surface area contributed by atoms with Gasteiger partial charge in [-0.3, -0.25) is 4.79 Å². The van der Waals surface area contributed by atoms with Gasteiger partial charge in [0.2, 0.25) is 5.91 Å². The van der Waals surface area contributed by atoms with Gasteiger partial charge in [-0.1, -0.05) is 42.5 Å². The van der Waals surface area contributed by atoms with Crippen molar-refractivity contribution in [2.75, 3.05) is 17.3 Å². The highest BCUT2D eigenvalue weighted by molar-refractivity contribution is 7.99. The van der Waals surface area contributed by atoms with E-state index >= 15 is 0 Å². The lowest BCUT2D eigenvalue weighted by Gasteiger charge is -2.22. The van der Waals surface area contributed by atoms with Gasteiger partial charge in [-0.2, -0.15) is 0 Å². The van der Waals surface area contributed by atoms with E-state index in [0.717, 1.165) is 23.5 Å². The molecule has 0 N–H and O–H groups in total. The molecule has 0 bridgehead atoms. The number of halogens is 1. The molecule has 2 aromatic rings. The largest absolute Gasteiger partial charge is 0.311 e. The normalized spacial score (nSPS) is 17.7. The molecular weight excluding hydrogens is 314 g/mol. The van der Waals surface area contributed by atoms with Crippen molar-refractivity contribution in [1.29, 1.82) is 0 Å². The van der Waals surface area contributed by atoms with Crippen LogP contribution in [0.1, 0.15) is 23.7 Å². The third kappa shape index (κ3) is 3.31. The third-order valence-electron chi connectivity index (χ3n) is 3.82. The number of hydrogen-bond acceptors (Lipinski definition) is 2. The van der Waals surface area contributed by atoms with Gasteiger partial charge >= 0.3 is 0 Å². The maximum Gasteiger partial charge on any atom is 0.228 e. The van der Waals surface area contributed by atoms with Crippen molar-refractivity contribution >= 4 is 35.0 Å². The summed E-state index contributed by atoms with van der Waals surface area (Å²) in [5, 5.41) is 0.371. The average molecular weight is 332 g/mol. The number of carbonyl (C=O) groups is 1. The number of alkyl halides is 1. The number of para-hydroxylation sites is 1. The van der Waals surface area contributed by atoms with Gasteiger partial charge in [0, 0.05) is 29.0 Å². The molecule has 0 saturated heterocycles. The molecule has 22 heavy (non-hydrogen) atoms. The third-order valence-corrected chi connectivity index (χ3v) is 5.40. The van der Waals surface area contributed by atoms with Crippen molar-refractivity contribution in [3.8, 4) is 0 Å². The quantitative estimate of drug-likeness (QED) is 0.747. The molecule has 4 heteroatoms. The monoisotopic (exact) mass is 331 g/mol. The number of thioether (sulfide) groups is 1. The van der Waals surface area contributed by atoms with Crippen LogP contribution in [-0.2, 0) is 4.79 Å². The van der Waals surface area contributed by atoms with Gasteiger partial charge in [-0.05, 0) is 24.1 Å². The fraction of sp³-hybridized carbons (Fsp3) is 0.278. The lowest BCUT2D eigenvalue weighted by molar-refractivity contribution is -0.118. The van der Waals surface area contributed by atoms with Crippen molar-refractivity contribution in [3.63, 3.8) is 0 Å². The fourth-order valence-electron chi connectivity index (χ4n) is 2.74. The number of benzene rings is 2. The Morgan fingerprint density at radius 2 is 1.86 bits per heavy atom. The Morgan fingerprint density at radius 1 is 1.14 bits per heavy atom. The minimum Gasteiger partial charge on any atom is -0.311 e. The van der Waals surface area contributed by atoms with E-state index in [1.54, 1.807) is 0 Å². The van der Waals surface area contributed by atoms with Crippen molar-refractivity contribution in [1.82, 2.24) is 0 Å². The van der Waals surface area contributed by atoms with E-state index in [2.05, 4.69) is 30.3 Å². The van der Waals surface area contributed by atoms with E-state index in [0.29, 0.717) is 17.6 Å². The van der Waals surface area contributed by atoms with Crippen LogP contribution in [0.3, 0.4) is 0 Å². The van der Waals surface area contributed by atoms with Crippen LogP contribution in [-0.4, -0.2) is 18.3 Å². The van der Waals surface area contributed by atoms with E-state index in [1.165, 1.54) is 5.56 Å². The maximum atomic E-state index is 12.4. The minimum atomic E-state index is 0.108. The summed E-state index contributed by atoms with van der Waals surface area (Å²) in [4.78, 5) is 15.4. The molecule has 0 aromatic heterocycles. The molecule has 1 aliphatic heterocycles. The Bertz CT molecular complexity index is 647. The predicted octanol–water partition coefficient (Wildman–Crippen LogP) is 4.89. The van der Waals surface area contributed by atoms with E-state index in [4.69, 9.17) is 11.6 Å². The van der Waals surface area contributed by atoms with Crippen molar-refractivity contribution in [2.24, 2.45) is 0 Å². The molecule has 1 unspecified atom stereocenters. The Morgan fingerprint density at radius 3 is 2.64 bits per heavy atom. The smallest absolute Gasteiger partial charge is 0.228 e. The number of amides is 1. The Kier molecular flexibility index (Phi) is 5.06. The summed E-state index contributed by atoms with van der Waals surface area (Å²) in [6, 6.07) is 18.7. The molecular formula is C18H18ClNOS. The van der Waals surface area contributed by atoms with Gasteiger partial charge in [0.25, 0.3) is 0 Å². The number of anilines is 1. The number of rotatable bonds is 3. The van der Waals surface area contributed by atoms with E-state index in [-0.39, 0.29) is 5.91 Å². The van der Waals surface area contributed by atoms with Gasteiger partial charge in [0.1, 0.15) is 0 Å². The van der Waals surface area contributed by atoms with E-state index in [1.807, 2.05) is 40.9 Å². The molecule has 114 valence electrons. The van der Waals surface area contributed by atoms with Gasteiger partial charge in [-0.15, -0.1) is 23.4 Å². The number of carbonyl (C=O) groups excluding carboxylic acids is 1.